The minimum atomic E-state index is -0.350. The molecular weight excluding hydrogens is 344 g/mol. The van der Waals surface area contributed by atoms with E-state index in [4.69, 9.17) is 4.74 Å². The number of nitrogens with one attached hydrogen (secondary N) is 1. The maximum atomic E-state index is 12.3. The number of hydrogen-bond donors (Lipinski definition) is 2. The number of aromatic nitrogens is 2. The fourth-order valence-corrected chi connectivity index (χ4v) is 2.93. The molecule has 0 atom stereocenters. The van der Waals surface area contributed by atoms with Crippen LogP contribution in [-0.4, -0.2) is 33.4 Å². The fraction of sp³-hybridized carbons (Fsp3) is 0.250. The molecule has 7 nitrogen and oxygen atoms in total. The molecule has 0 fully saturated rings. The van der Waals surface area contributed by atoms with Crippen molar-refractivity contribution in [1.29, 1.82) is 0 Å². The average Bonchev–Trinajstić information content (AvgIpc) is 2.98. The Morgan fingerprint density at radius 3 is 2.89 bits per heavy atom. The van der Waals surface area contributed by atoms with E-state index in [9.17, 15) is 9.90 Å². The number of imidazole rings is 1. The molecule has 0 aliphatic carbocycles. The van der Waals surface area contributed by atoms with E-state index < -0.39 is 0 Å². The SMILES string of the molecule is CCOc1cccc(/C=N/NC(=O)c2ccc3c(c2)nc(C)n3CC)c1O. The molecule has 0 aliphatic heterocycles. The van der Waals surface area contributed by atoms with E-state index >= 15 is 0 Å². The second-order valence-corrected chi connectivity index (χ2v) is 5.93. The first-order valence-electron chi connectivity index (χ1n) is 8.80. The van der Waals surface area contributed by atoms with Gasteiger partial charge in [-0.05, 0) is 51.1 Å². The number of aryl methyl sites for hydroxylation is 2. The zero-order chi connectivity index (χ0) is 19.4. The van der Waals surface area contributed by atoms with E-state index in [1.807, 2.05) is 19.9 Å². The van der Waals surface area contributed by atoms with E-state index in [1.54, 1.807) is 30.3 Å². The van der Waals surface area contributed by atoms with Gasteiger partial charge >= 0.3 is 0 Å². The van der Waals surface area contributed by atoms with Gasteiger partial charge in [0.2, 0.25) is 0 Å². The van der Waals surface area contributed by atoms with Crippen molar-refractivity contribution < 1.29 is 14.6 Å². The van der Waals surface area contributed by atoms with Gasteiger partial charge in [-0.25, -0.2) is 10.4 Å². The highest BCUT2D eigenvalue weighted by molar-refractivity contribution is 5.98. The van der Waals surface area contributed by atoms with Crippen molar-refractivity contribution in [3.8, 4) is 11.5 Å². The summed E-state index contributed by atoms with van der Waals surface area (Å²) >= 11 is 0. The van der Waals surface area contributed by atoms with Gasteiger partial charge in [0.15, 0.2) is 11.5 Å². The number of fused-ring (bicyclic) bond motifs is 1. The summed E-state index contributed by atoms with van der Waals surface area (Å²) in [5, 5.41) is 14.1. The normalized spacial score (nSPS) is 11.2. The Morgan fingerprint density at radius 1 is 1.33 bits per heavy atom. The Bertz CT molecular complexity index is 1010. The summed E-state index contributed by atoms with van der Waals surface area (Å²) < 4.78 is 7.41. The van der Waals surface area contributed by atoms with Crippen LogP contribution in [0, 0.1) is 6.92 Å². The number of para-hydroxylation sites is 1. The van der Waals surface area contributed by atoms with E-state index in [-0.39, 0.29) is 11.7 Å². The molecule has 0 radical (unpaired) electrons. The summed E-state index contributed by atoms with van der Waals surface area (Å²) in [6.07, 6.45) is 1.38. The molecule has 0 saturated heterocycles. The predicted octanol–water partition coefficient (Wildman–Crippen LogP) is 3.23. The van der Waals surface area contributed by atoms with E-state index in [2.05, 4.69) is 27.0 Å². The molecule has 0 spiro atoms. The summed E-state index contributed by atoms with van der Waals surface area (Å²) in [5.41, 5.74) is 5.15. The van der Waals surface area contributed by atoms with Gasteiger partial charge in [-0.15, -0.1) is 0 Å². The van der Waals surface area contributed by atoms with Crippen molar-refractivity contribution in [1.82, 2.24) is 15.0 Å². The van der Waals surface area contributed by atoms with Crippen molar-refractivity contribution in [3.05, 3.63) is 53.3 Å². The maximum absolute atomic E-state index is 12.3. The third-order valence-corrected chi connectivity index (χ3v) is 4.22. The molecule has 2 N–H and O–H groups in total. The molecule has 0 aliphatic rings. The van der Waals surface area contributed by atoms with E-state index in [1.165, 1.54) is 6.21 Å². The van der Waals surface area contributed by atoms with Crippen LogP contribution in [0.1, 0.15) is 35.6 Å². The lowest BCUT2D eigenvalue weighted by Crippen LogP contribution is -2.17. The number of ether oxygens (including phenoxy) is 1. The Balaban J connectivity index is 1.75. The van der Waals surface area contributed by atoms with Crippen LogP contribution in [0.2, 0.25) is 0 Å². The summed E-state index contributed by atoms with van der Waals surface area (Å²) in [4.78, 5) is 16.8. The van der Waals surface area contributed by atoms with Gasteiger partial charge in [0.25, 0.3) is 5.91 Å². The van der Waals surface area contributed by atoms with Crippen molar-refractivity contribution in [2.24, 2.45) is 5.10 Å². The van der Waals surface area contributed by atoms with Gasteiger partial charge in [0, 0.05) is 17.7 Å². The van der Waals surface area contributed by atoms with Crippen LogP contribution in [0.4, 0.5) is 0 Å². The molecule has 2 aromatic carbocycles. The molecule has 0 unspecified atom stereocenters. The zero-order valence-corrected chi connectivity index (χ0v) is 15.6. The average molecular weight is 366 g/mol. The van der Waals surface area contributed by atoms with Crippen LogP contribution in [0.15, 0.2) is 41.5 Å². The van der Waals surface area contributed by atoms with Crippen LogP contribution in [0.25, 0.3) is 11.0 Å². The number of carbonyl (C=O) groups is 1. The van der Waals surface area contributed by atoms with Crippen molar-refractivity contribution in [3.63, 3.8) is 0 Å². The van der Waals surface area contributed by atoms with Gasteiger partial charge in [0.05, 0.1) is 23.9 Å². The largest absolute Gasteiger partial charge is 0.504 e. The van der Waals surface area contributed by atoms with Gasteiger partial charge in [-0.1, -0.05) is 6.07 Å². The van der Waals surface area contributed by atoms with Crippen LogP contribution >= 0.6 is 0 Å². The number of nitrogens with zero attached hydrogens (tertiary/aromatic N) is 3. The first-order valence-corrected chi connectivity index (χ1v) is 8.80. The van der Waals surface area contributed by atoms with Crippen molar-refractivity contribution in [2.45, 2.75) is 27.3 Å². The van der Waals surface area contributed by atoms with E-state index in [0.717, 1.165) is 23.4 Å². The number of hydrazone groups is 1. The zero-order valence-electron chi connectivity index (χ0n) is 15.6. The second kappa shape index (κ2) is 7.90. The number of amides is 1. The number of aromatic hydroxyl groups is 1. The molecule has 27 heavy (non-hydrogen) atoms. The molecule has 1 heterocycles. The fourth-order valence-electron chi connectivity index (χ4n) is 2.93. The lowest BCUT2D eigenvalue weighted by Gasteiger charge is -2.07. The maximum Gasteiger partial charge on any atom is 0.271 e. The number of phenolic OH excluding ortho intramolecular Hbond substituents is 1. The first-order chi connectivity index (χ1) is 13.0. The highest BCUT2D eigenvalue weighted by Crippen LogP contribution is 2.28. The molecule has 3 aromatic rings. The highest BCUT2D eigenvalue weighted by Gasteiger charge is 2.11. The number of phenols is 1. The molecule has 3 rings (SSSR count). The summed E-state index contributed by atoms with van der Waals surface area (Å²) in [6.45, 7) is 7.10. The minimum absolute atomic E-state index is 0.0145. The number of rotatable bonds is 6. The second-order valence-electron chi connectivity index (χ2n) is 5.93. The van der Waals surface area contributed by atoms with Crippen LogP contribution in [0.5, 0.6) is 11.5 Å². The van der Waals surface area contributed by atoms with E-state index in [0.29, 0.717) is 23.5 Å². The topological polar surface area (TPSA) is 88.7 Å². The highest BCUT2D eigenvalue weighted by atomic mass is 16.5. The predicted molar refractivity (Wildman–Crippen MR) is 104 cm³/mol. The minimum Gasteiger partial charge on any atom is -0.504 e. The summed E-state index contributed by atoms with van der Waals surface area (Å²) in [5.74, 6) is 0.921. The Morgan fingerprint density at radius 2 is 2.15 bits per heavy atom. The third-order valence-electron chi connectivity index (χ3n) is 4.22. The monoisotopic (exact) mass is 366 g/mol. The molecular formula is C20H22N4O3. The number of benzene rings is 2. The molecule has 1 aromatic heterocycles. The molecule has 1 amide bonds. The molecule has 0 saturated carbocycles. The molecule has 140 valence electrons. The third kappa shape index (κ3) is 3.76. The first kappa shape index (κ1) is 18.4. The Hall–Kier alpha value is -3.35. The van der Waals surface area contributed by atoms with Gasteiger partial charge < -0.3 is 14.4 Å². The van der Waals surface area contributed by atoms with Crippen molar-refractivity contribution in [2.75, 3.05) is 6.61 Å². The lowest BCUT2D eigenvalue weighted by molar-refractivity contribution is 0.0955. The van der Waals surface area contributed by atoms with Gasteiger partial charge in [0.1, 0.15) is 5.82 Å². The number of carbonyl (C=O) groups excluding carboxylic acids is 1. The smallest absolute Gasteiger partial charge is 0.271 e. The summed E-state index contributed by atoms with van der Waals surface area (Å²) in [7, 11) is 0. The summed E-state index contributed by atoms with van der Waals surface area (Å²) in [6, 6.07) is 10.5. The van der Waals surface area contributed by atoms with Crippen LogP contribution < -0.4 is 10.2 Å². The van der Waals surface area contributed by atoms with Gasteiger partial charge in [-0.3, -0.25) is 4.79 Å². The number of hydrogen-bond acceptors (Lipinski definition) is 5. The molecule has 7 heteroatoms. The van der Waals surface area contributed by atoms with Crippen LogP contribution in [0.3, 0.4) is 0 Å². The molecule has 0 bridgehead atoms. The van der Waals surface area contributed by atoms with Crippen LogP contribution in [-0.2, 0) is 6.54 Å². The lowest BCUT2D eigenvalue weighted by atomic mass is 10.2. The Kier molecular flexibility index (Phi) is 5.40. The quantitative estimate of drug-likeness (QED) is 0.518. The standard InChI is InChI=1S/C20H22N4O3/c1-4-24-13(3)22-16-11-14(9-10-17(16)24)20(26)23-21-12-15-7-6-8-18(19(15)25)27-5-2/h6-12,25H,4-5H2,1-3H3,(H,23,26)/b21-12+. The van der Waals surface area contributed by atoms with Gasteiger partial charge in [-0.2, -0.15) is 5.10 Å². The van der Waals surface area contributed by atoms with Crippen molar-refractivity contribution >= 4 is 23.2 Å². The Labute approximate surface area is 157 Å².